The summed E-state index contributed by atoms with van der Waals surface area (Å²) in [5, 5.41) is 3.61. The van der Waals surface area contributed by atoms with E-state index in [-0.39, 0.29) is 24.9 Å². The van der Waals surface area contributed by atoms with Crippen molar-refractivity contribution in [1.29, 1.82) is 0 Å². The number of aryl methyl sites for hydroxylation is 2. The van der Waals surface area contributed by atoms with E-state index in [2.05, 4.69) is 17.4 Å². The number of oxazole rings is 1. The van der Waals surface area contributed by atoms with Crippen molar-refractivity contribution in [3.8, 4) is 0 Å². The quantitative estimate of drug-likeness (QED) is 0.759. The summed E-state index contributed by atoms with van der Waals surface area (Å²) in [5.74, 6) is -0.542. The smallest absolute Gasteiger partial charge is 0.408 e. The molecule has 26 heavy (non-hydrogen) atoms. The first-order chi connectivity index (χ1) is 12.6. The zero-order valence-corrected chi connectivity index (χ0v) is 15.0. The van der Waals surface area contributed by atoms with Crippen molar-refractivity contribution in [2.75, 3.05) is 0 Å². The van der Waals surface area contributed by atoms with Gasteiger partial charge in [0.15, 0.2) is 5.58 Å². The van der Waals surface area contributed by atoms with Gasteiger partial charge in [0.05, 0.1) is 11.6 Å². The zero-order chi connectivity index (χ0) is 18.1. The molecule has 0 aliphatic heterocycles. The lowest BCUT2D eigenvalue weighted by atomic mass is 9.88. The van der Waals surface area contributed by atoms with Crippen molar-refractivity contribution in [3.05, 3.63) is 69.2 Å². The van der Waals surface area contributed by atoms with Gasteiger partial charge in [-0.2, -0.15) is 0 Å². The highest BCUT2D eigenvalue weighted by Gasteiger charge is 2.21. The summed E-state index contributed by atoms with van der Waals surface area (Å²) in [6.07, 6.45) is 3.28. The minimum Gasteiger partial charge on any atom is -0.408 e. The number of hydrogen-bond donors (Lipinski definition) is 1. The Morgan fingerprint density at radius 1 is 1.27 bits per heavy atom. The molecule has 6 heteroatoms. The van der Waals surface area contributed by atoms with Crippen LogP contribution in [0.15, 0.2) is 51.7 Å². The summed E-state index contributed by atoms with van der Waals surface area (Å²) in [5.41, 5.74) is 3.59. The molecule has 134 valence electrons. The highest BCUT2D eigenvalue weighted by Crippen LogP contribution is 2.29. The van der Waals surface area contributed by atoms with Crippen LogP contribution in [0.4, 0.5) is 0 Å². The summed E-state index contributed by atoms with van der Waals surface area (Å²) in [6, 6.07) is 13.3. The molecule has 0 bridgehead atoms. The predicted octanol–water partition coefficient (Wildman–Crippen LogP) is 3.83. The molecule has 0 radical (unpaired) electrons. The third-order valence-corrected chi connectivity index (χ3v) is 5.13. The van der Waals surface area contributed by atoms with E-state index in [4.69, 9.17) is 16.0 Å². The van der Waals surface area contributed by atoms with E-state index in [0.717, 1.165) is 19.3 Å². The first-order valence-corrected chi connectivity index (χ1v) is 9.15. The molecule has 4 rings (SSSR count). The summed E-state index contributed by atoms with van der Waals surface area (Å²) < 4.78 is 6.67. The van der Waals surface area contributed by atoms with Gasteiger partial charge in [-0.25, -0.2) is 4.79 Å². The molecule has 1 aliphatic rings. The molecule has 0 saturated heterocycles. The fourth-order valence-corrected chi connectivity index (χ4v) is 3.80. The second-order valence-electron chi connectivity index (χ2n) is 6.59. The van der Waals surface area contributed by atoms with Crippen molar-refractivity contribution >= 4 is 28.6 Å². The second kappa shape index (κ2) is 7.00. The van der Waals surface area contributed by atoms with Crippen LogP contribution in [0.5, 0.6) is 0 Å². The molecular formula is C20H19ClN2O3. The maximum Gasteiger partial charge on any atom is 0.419 e. The summed E-state index contributed by atoms with van der Waals surface area (Å²) >= 11 is 5.92. The van der Waals surface area contributed by atoms with Crippen LogP contribution in [-0.2, 0) is 17.8 Å². The molecular weight excluding hydrogens is 352 g/mol. The van der Waals surface area contributed by atoms with Gasteiger partial charge in [-0.15, -0.1) is 0 Å². The summed E-state index contributed by atoms with van der Waals surface area (Å²) in [6.45, 7) is 0.271. The van der Waals surface area contributed by atoms with Gasteiger partial charge in [0, 0.05) is 24.1 Å². The largest absolute Gasteiger partial charge is 0.419 e. The number of rotatable bonds is 4. The molecule has 1 atom stereocenters. The fourth-order valence-electron chi connectivity index (χ4n) is 3.64. The number of carbonyl (C=O) groups excluding carboxylic acids is 1. The second-order valence-corrected chi connectivity index (χ2v) is 7.03. The van der Waals surface area contributed by atoms with E-state index in [0.29, 0.717) is 16.1 Å². The molecule has 1 N–H and O–H groups in total. The first kappa shape index (κ1) is 16.9. The maximum absolute atomic E-state index is 12.4. The number of fused-ring (bicyclic) bond motifs is 2. The van der Waals surface area contributed by atoms with E-state index in [1.54, 1.807) is 18.2 Å². The standard InChI is InChI=1S/C20H19ClN2O3/c21-14-8-9-17-18(12-14)26-20(25)23(17)11-10-19(24)22-16-7-3-5-13-4-1-2-6-15(13)16/h1-2,4,6,8-9,12,16H,3,5,7,10-11H2,(H,22,24)/t16-/m0/s1. The van der Waals surface area contributed by atoms with Gasteiger partial charge >= 0.3 is 5.76 Å². The number of aromatic nitrogens is 1. The van der Waals surface area contributed by atoms with Crippen molar-refractivity contribution < 1.29 is 9.21 Å². The molecule has 1 heterocycles. The topological polar surface area (TPSA) is 64.2 Å². The van der Waals surface area contributed by atoms with Gasteiger partial charge in [-0.05, 0) is 42.5 Å². The number of nitrogens with zero attached hydrogens (tertiary/aromatic N) is 1. The van der Waals surface area contributed by atoms with Crippen LogP contribution in [0.2, 0.25) is 5.02 Å². The van der Waals surface area contributed by atoms with Crippen LogP contribution in [0, 0.1) is 0 Å². The van der Waals surface area contributed by atoms with Gasteiger partial charge in [0.2, 0.25) is 5.91 Å². The van der Waals surface area contributed by atoms with Crippen molar-refractivity contribution in [1.82, 2.24) is 9.88 Å². The van der Waals surface area contributed by atoms with Crippen LogP contribution in [0.3, 0.4) is 0 Å². The van der Waals surface area contributed by atoms with E-state index in [1.165, 1.54) is 15.7 Å². The molecule has 3 aromatic rings. The number of halogens is 1. The third-order valence-electron chi connectivity index (χ3n) is 4.90. The molecule has 2 aromatic carbocycles. The number of carbonyl (C=O) groups is 1. The SMILES string of the molecule is O=C(CCn1c(=O)oc2cc(Cl)ccc21)N[C@H]1CCCc2ccccc21. The Kier molecular flexibility index (Phi) is 4.55. The summed E-state index contributed by atoms with van der Waals surface area (Å²) in [4.78, 5) is 24.5. The minimum atomic E-state index is -0.474. The van der Waals surface area contributed by atoms with Crippen LogP contribution in [0.25, 0.3) is 11.1 Å². The Bertz CT molecular complexity index is 1020. The molecule has 5 nitrogen and oxygen atoms in total. The maximum atomic E-state index is 12.4. The van der Waals surface area contributed by atoms with E-state index >= 15 is 0 Å². The zero-order valence-electron chi connectivity index (χ0n) is 14.2. The van der Waals surface area contributed by atoms with Crippen LogP contribution in [-0.4, -0.2) is 10.5 Å². The average molecular weight is 371 g/mol. The van der Waals surface area contributed by atoms with Gasteiger partial charge in [0.1, 0.15) is 0 Å². The number of hydrogen-bond acceptors (Lipinski definition) is 3. The molecule has 0 saturated carbocycles. The number of amides is 1. The monoisotopic (exact) mass is 370 g/mol. The lowest BCUT2D eigenvalue weighted by molar-refractivity contribution is -0.122. The van der Waals surface area contributed by atoms with Gasteiger partial charge < -0.3 is 9.73 Å². The Labute approximate surface area is 155 Å². The van der Waals surface area contributed by atoms with Crippen LogP contribution in [0.1, 0.15) is 36.4 Å². The molecule has 1 aromatic heterocycles. The van der Waals surface area contributed by atoms with Gasteiger partial charge in [0.25, 0.3) is 0 Å². The predicted molar refractivity (Wildman–Crippen MR) is 100 cm³/mol. The van der Waals surface area contributed by atoms with Crippen molar-refractivity contribution in [2.45, 2.75) is 38.3 Å². The molecule has 0 unspecified atom stereocenters. The normalized spacial score (nSPS) is 16.4. The van der Waals surface area contributed by atoms with Crippen molar-refractivity contribution in [2.24, 2.45) is 0 Å². The van der Waals surface area contributed by atoms with E-state index < -0.39 is 5.76 Å². The van der Waals surface area contributed by atoms with Crippen LogP contribution >= 0.6 is 11.6 Å². The fraction of sp³-hybridized carbons (Fsp3) is 0.300. The lowest BCUT2D eigenvalue weighted by Crippen LogP contribution is -2.32. The number of benzene rings is 2. The molecule has 1 amide bonds. The highest BCUT2D eigenvalue weighted by atomic mass is 35.5. The Morgan fingerprint density at radius 2 is 2.12 bits per heavy atom. The van der Waals surface area contributed by atoms with E-state index in [1.807, 2.05) is 12.1 Å². The lowest BCUT2D eigenvalue weighted by Gasteiger charge is -2.26. The van der Waals surface area contributed by atoms with Gasteiger partial charge in [-0.1, -0.05) is 35.9 Å². The Hall–Kier alpha value is -2.53. The van der Waals surface area contributed by atoms with E-state index in [9.17, 15) is 9.59 Å². The van der Waals surface area contributed by atoms with Crippen molar-refractivity contribution in [3.63, 3.8) is 0 Å². The highest BCUT2D eigenvalue weighted by molar-refractivity contribution is 6.31. The third kappa shape index (κ3) is 3.27. The molecule has 0 fully saturated rings. The molecule has 0 spiro atoms. The van der Waals surface area contributed by atoms with Crippen LogP contribution < -0.4 is 11.1 Å². The Morgan fingerprint density at radius 3 is 3.00 bits per heavy atom. The van der Waals surface area contributed by atoms with Gasteiger partial charge in [-0.3, -0.25) is 9.36 Å². The first-order valence-electron chi connectivity index (χ1n) is 8.78. The average Bonchev–Trinajstić information content (AvgIpc) is 2.94. The summed E-state index contributed by atoms with van der Waals surface area (Å²) in [7, 11) is 0. The Balaban J connectivity index is 1.46. The number of nitrogens with one attached hydrogen (secondary N) is 1. The molecule has 1 aliphatic carbocycles. The minimum absolute atomic E-state index is 0.0454.